The molecule has 0 aromatic heterocycles. The van der Waals surface area contributed by atoms with Crippen molar-refractivity contribution in [3.8, 4) is 0 Å². The van der Waals surface area contributed by atoms with Gasteiger partial charge in [-0.2, -0.15) is 0 Å². The second kappa shape index (κ2) is 3.52. The molecule has 0 bridgehead atoms. The van der Waals surface area contributed by atoms with Gasteiger partial charge < -0.3 is 15.5 Å². The van der Waals surface area contributed by atoms with Gasteiger partial charge in [-0.1, -0.05) is 0 Å². The summed E-state index contributed by atoms with van der Waals surface area (Å²) in [5.41, 5.74) is 5.40. The summed E-state index contributed by atoms with van der Waals surface area (Å²) in [4.78, 5) is 13.9. The van der Waals surface area contributed by atoms with Gasteiger partial charge in [-0.25, -0.2) is 0 Å². The summed E-state index contributed by atoms with van der Waals surface area (Å²) in [6.45, 7) is 2.96. The van der Waals surface area contributed by atoms with Gasteiger partial charge in [0, 0.05) is 26.2 Å². The van der Waals surface area contributed by atoms with E-state index >= 15 is 0 Å². The molecule has 0 aromatic rings. The Hall–Kier alpha value is -0.840. The van der Waals surface area contributed by atoms with E-state index in [1.165, 1.54) is 0 Å². The fraction of sp³-hybridized carbons (Fsp3) is 0.667. The lowest BCUT2D eigenvalue weighted by molar-refractivity contribution is -0.119. The van der Waals surface area contributed by atoms with Gasteiger partial charge in [-0.3, -0.25) is 4.79 Å². The van der Waals surface area contributed by atoms with Gasteiger partial charge in [0.1, 0.15) is 0 Å². The van der Waals surface area contributed by atoms with E-state index in [-0.39, 0.29) is 0 Å². The van der Waals surface area contributed by atoms with E-state index in [4.69, 9.17) is 18.0 Å². The molecule has 1 aliphatic rings. The van der Waals surface area contributed by atoms with Gasteiger partial charge in [0.15, 0.2) is 5.11 Å². The zero-order chi connectivity index (χ0) is 8.27. The summed E-state index contributed by atoms with van der Waals surface area (Å²) in [7, 11) is 0. The second-order valence-electron chi connectivity index (χ2n) is 2.47. The number of thiocarbonyl (C=S) groups is 1. The maximum atomic E-state index is 10.3. The quantitative estimate of drug-likeness (QED) is 0.408. The van der Waals surface area contributed by atoms with Gasteiger partial charge in [0.2, 0.25) is 6.41 Å². The zero-order valence-electron chi connectivity index (χ0n) is 6.19. The number of hydrogen-bond acceptors (Lipinski definition) is 2. The number of piperazine rings is 1. The molecule has 0 radical (unpaired) electrons. The summed E-state index contributed by atoms with van der Waals surface area (Å²) < 4.78 is 0. The minimum Gasteiger partial charge on any atom is -0.376 e. The molecule has 0 saturated carbocycles. The molecule has 0 aliphatic carbocycles. The highest BCUT2D eigenvalue weighted by Gasteiger charge is 2.15. The Balaban J connectivity index is 2.35. The summed E-state index contributed by atoms with van der Waals surface area (Å²) >= 11 is 4.79. The lowest BCUT2D eigenvalue weighted by Gasteiger charge is -2.32. The Morgan fingerprint density at radius 3 is 2.27 bits per heavy atom. The van der Waals surface area contributed by atoms with Crippen molar-refractivity contribution in [3.05, 3.63) is 0 Å². The lowest BCUT2D eigenvalue weighted by Crippen LogP contribution is -2.49. The van der Waals surface area contributed by atoms with Crippen LogP contribution in [0.25, 0.3) is 0 Å². The minimum atomic E-state index is 0.426. The largest absolute Gasteiger partial charge is 0.376 e. The van der Waals surface area contributed by atoms with E-state index < -0.39 is 0 Å². The molecule has 0 atom stereocenters. The number of carbonyl (C=O) groups excluding carboxylic acids is 1. The van der Waals surface area contributed by atoms with Crippen molar-refractivity contribution >= 4 is 23.7 Å². The average molecular weight is 173 g/mol. The summed E-state index contributed by atoms with van der Waals surface area (Å²) in [6, 6.07) is 0. The van der Waals surface area contributed by atoms with Crippen molar-refractivity contribution in [1.82, 2.24) is 9.80 Å². The van der Waals surface area contributed by atoms with Crippen LogP contribution in [0.5, 0.6) is 0 Å². The van der Waals surface area contributed by atoms with Crippen molar-refractivity contribution in [1.29, 1.82) is 0 Å². The van der Waals surface area contributed by atoms with Gasteiger partial charge in [0.25, 0.3) is 0 Å². The van der Waals surface area contributed by atoms with E-state index in [1.54, 1.807) is 4.90 Å². The van der Waals surface area contributed by atoms with Crippen molar-refractivity contribution < 1.29 is 4.79 Å². The highest BCUT2D eigenvalue weighted by molar-refractivity contribution is 7.80. The highest BCUT2D eigenvalue weighted by Crippen LogP contribution is 1.97. The second-order valence-corrected chi connectivity index (χ2v) is 2.88. The molecule has 0 unspecified atom stereocenters. The van der Waals surface area contributed by atoms with Gasteiger partial charge >= 0.3 is 0 Å². The highest BCUT2D eigenvalue weighted by atomic mass is 32.1. The fourth-order valence-electron chi connectivity index (χ4n) is 1.05. The van der Waals surface area contributed by atoms with Crippen LogP contribution in [-0.2, 0) is 4.79 Å². The first-order chi connectivity index (χ1) is 5.24. The van der Waals surface area contributed by atoms with E-state index in [2.05, 4.69) is 0 Å². The maximum absolute atomic E-state index is 10.3. The predicted molar refractivity (Wildman–Crippen MR) is 46.0 cm³/mol. The van der Waals surface area contributed by atoms with E-state index in [0.29, 0.717) is 5.11 Å². The van der Waals surface area contributed by atoms with Gasteiger partial charge in [0.05, 0.1) is 0 Å². The monoisotopic (exact) mass is 173 g/mol. The predicted octanol–water partition coefficient (Wildman–Crippen LogP) is -0.996. The molecule has 1 heterocycles. The van der Waals surface area contributed by atoms with Crippen LogP contribution in [0.3, 0.4) is 0 Å². The van der Waals surface area contributed by atoms with Crippen molar-refractivity contribution in [2.75, 3.05) is 26.2 Å². The molecule has 62 valence electrons. The summed E-state index contributed by atoms with van der Waals surface area (Å²) in [6.07, 6.45) is 0.858. The molecule has 1 amide bonds. The number of nitrogens with zero attached hydrogens (tertiary/aromatic N) is 2. The van der Waals surface area contributed by atoms with Crippen LogP contribution in [0, 0.1) is 0 Å². The molecular formula is C6H11N3OS. The summed E-state index contributed by atoms with van der Waals surface area (Å²) in [5, 5.41) is 0.426. The number of hydrogen-bond donors (Lipinski definition) is 1. The molecule has 2 N–H and O–H groups in total. The number of amides is 1. The van der Waals surface area contributed by atoms with Crippen molar-refractivity contribution in [2.45, 2.75) is 0 Å². The Bertz CT molecular complexity index is 165. The van der Waals surface area contributed by atoms with Crippen molar-refractivity contribution in [2.24, 2.45) is 5.73 Å². The van der Waals surface area contributed by atoms with Gasteiger partial charge in [-0.15, -0.1) is 0 Å². The molecule has 1 rings (SSSR count). The van der Waals surface area contributed by atoms with E-state index in [9.17, 15) is 4.79 Å². The molecule has 5 heteroatoms. The van der Waals surface area contributed by atoms with Crippen LogP contribution >= 0.6 is 12.2 Å². The molecular weight excluding hydrogens is 162 g/mol. The van der Waals surface area contributed by atoms with Gasteiger partial charge in [-0.05, 0) is 12.2 Å². The van der Waals surface area contributed by atoms with Crippen LogP contribution in [0.2, 0.25) is 0 Å². The first kappa shape index (κ1) is 8.26. The summed E-state index contributed by atoms with van der Waals surface area (Å²) in [5.74, 6) is 0. The average Bonchev–Trinajstić information content (AvgIpc) is 2.05. The van der Waals surface area contributed by atoms with Crippen LogP contribution in [0.15, 0.2) is 0 Å². The molecule has 11 heavy (non-hydrogen) atoms. The Morgan fingerprint density at radius 1 is 1.36 bits per heavy atom. The van der Waals surface area contributed by atoms with Crippen molar-refractivity contribution in [3.63, 3.8) is 0 Å². The minimum absolute atomic E-state index is 0.426. The maximum Gasteiger partial charge on any atom is 0.209 e. The van der Waals surface area contributed by atoms with E-state index in [1.807, 2.05) is 4.90 Å². The normalized spacial score (nSPS) is 18.2. The fourth-order valence-corrected chi connectivity index (χ4v) is 1.23. The topological polar surface area (TPSA) is 49.6 Å². The van der Waals surface area contributed by atoms with E-state index in [0.717, 1.165) is 32.6 Å². The molecule has 1 saturated heterocycles. The SMILES string of the molecule is NC(=S)N1CCN(C=O)CC1. The van der Waals surface area contributed by atoms with Crippen LogP contribution in [-0.4, -0.2) is 47.5 Å². The molecule has 4 nitrogen and oxygen atoms in total. The molecule has 0 spiro atoms. The lowest BCUT2D eigenvalue weighted by atomic mass is 10.3. The standard InChI is InChI=1S/C6H11N3OS/c7-6(11)9-3-1-8(5-10)2-4-9/h5H,1-4H2,(H2,7,11). The first-order valence-electron chi connectivity index (χ1n) is 3.48. The smallest absolute Gasteiger partial charge is 0.209 e. The molecule has 1 fully saturated rings. The third-order valence-electron chi connectivity index (χ3n) is 1.78. The third-order valence-corrected chi connectivity index (χ3v) is 2.03. The molecule has 0 aromatic carbocycles. The number of nitrogens with two attached hydrogens (primary N) is 1. The molecule has 1 aliphatic heterocycles. The van der Waals surface area contributed by atoms with Crippen LogP contribution < -0.4 is 5.73 Å². The van der Waals surface area contributed by atoms with Crippen LogP contribution in [0.1, 0.15) is 0 Å². The third kappa shape index (κ3) is 2.04. The van der Waals surface area contributed by atoms with Crippen LogP contribution in [0.4, 0.5) is 0 Å². The number of rotatable bonds is 1. The Morgan fingerprint density at radius 2 is 1.91 bits per heavy atom. The zero-order valence-corrected chi connectivity index (χ0v) is 7.01. The Labute approximate surface area is 70.9 Å². The first-order valence-corrected chi connectivity index (χ1v) is 3.88. The Kier molecular flexibility index (Phi) is 2.64. The number of carbonyl (C=O) groups is 1.